The van der Waals surface area contributed by atoms with Crippen LogP contribution in [0.3, 0.4) is 0 Å². The Morgan fingerprint density at radius 3 is 2.64 bits per heavy atom. The average Bonchev–Trinajstić information content (AvgIpc) is 3.17. The standard InChI is InChI=1S/C16H20N6O3/c23-15(17-4-5-21-6-8-25-9-7-21)16(24)20-13-2-1-3-14(10-13)22-11-18-19-12-22/h1-3,10-12H,4-9H2,(H,17,23)(H,20,24). The molecule has 1 aliphatic rings. The first-order valence-electron chi connectivity index (χ1n) is 8.07. The summed E-state index contributed by atoms with van der Waals surface area (Å²) in [7, 11) is 0. The van der Waals surface area contributed by atoms with Gasteiger partial charge in [-0.2, -0.15) is 0 Å². The number of nitrogens with one attached hydrogen (secondary N) is 2. The van der Waals surface area contributed by atoms with Crippen LogP contribution in [0, 0.1) is 0 Å². The van der Waals surface area contributed by atoms with E-state index in [-0.39, 0.29) is 0 Å². The second-order valence-corrected chi connectivity index (χ2v) is 5.58. The smallest absolute Gasteiger partial charge is 0.313 e. The predicted octanol–water partition coefficient (Wildman–Crippen LogP) is -0.346. The highest BCUT2D eigenvalue weighted by Crippen LogP contribution is 2.13. The lowest BCUT2D eigenvalue weighted by molar-refractivity contribution is -0.136. The lowest BCUT2D eigenvalue weighted by atomic mass is 10.2. The number of hydrogen-bond donors (Lipinski definition) is 2. The fourth-order valence-corrected chi connectivity index (χ4v) is 2.50. The molecule has 1 fully saturated rings. The van der Waals surface area contributed by atoms with Crippen molar-refractivity contribution in [1.29, 1.82) is 0 Å². The van der Waals surface area contributed by atoms with Gasteiger partial charge < -0.3 is 15.4 Å². The number of anilines is 1. The second kappa shape index (κ2) is 8.36. The maximum atomic E-state index is 12.0. The predicted molar refractivity (Wildman–Crippen MR) is 90.3 cm³/mol. The van der Waals surface area contributed by atoms with Gasteiger partial charge in [0.05, 0.1) is 18.9 Å². The summed E-state index contributed by atoms with van der Waals surface area (Å²) >= 11 is 0. The number of rotatable bonds is 5. The van der Waals surface area contributed by atoms with Gasteiger partial charge in [-0.25, -0.2) is 0 Å². The average molecular weight is 344 g/mol. The van der Waals surface area contributed by atoms with Crippen LogP contribution in [0.5, 0.6) is 0 Å². The number of morpholine rings is 1. The van der Waals surface area contributed by atoms with Crippen molar-refractivity contribution in [3.8, 4) is 5.69 Å². The molecule has 25 heavy (non-hydrogen) atoms. The van der Waals surface area contributed by atoms with Gasteiger partial charge in [0.25, 0.3) is 0 Å². The van der Waals surface area contributed by atoms with Crippen LogP contribution in [0.2, 0.25) is 0 Å². The topological polar surface area (TPSA) is 101 Å². The SMILES string of the molecule is O=C(NCCN1CCOCC1)C(=O)Nc1cccc(-n2cnnc2)c1. The maximum absolute atomic E-state index is 12.0. The molecule has 0 atom stereocenters. The molecule has 1 saturated heterocycles. The van der Waals surface area contributed by atoms with E-state index in [4.69, 9.17) is 4.74 Å². The minimum Gasteiger partial charge on any atom is -0.379 e. The lowest BCUT2D eigenvalue weighted by Gasteiger charge is -2.26. The van der Waals surface area contributed by atoms with Crippen LogP contribution in [-0.2, 0) is 14.3 Å². The van der Waals surface area contributed by atoms with Crippen molar-refractivity contribution >= 4 is 17.5 Å². The van der Waals surface area contributed by atoms with E-state index in [0.29, 0.717) is 32.0 Å². The van der Waals surface area contributed by atoms with E-state index in [0.717, 1.165) is 18.8 Å². The Morgan fingerprint density at radius 1 is 1.12 bits per heavy atom. The molecule has 2 N–H and O–H groups in total. The van der Waals surface area contributed by atoms with E-state index in [1.54, 1.807) is 35.4 Å². The van der Waals surface area contributed by atoms with Gasteiger partial charge in [0.1, 0.15) is 12.7 Å². The summed E-state index contributed by atoms with van der Waals surface area (Å²) in [6, 6.07) is 7.08. The molecule has 0 spiro atoms. The van der Waals surface area contributed by atoms with Crippen LogP contribution in [0.1, 0.15) is 0 Å². The van der Waals surface area contributed by atoms with Crippen LogP contribution < -0.4 is 10.6 Å². The van der Waals surface area contributed by atoms with Gasteiger partial charge in [0.2, 0.25) is 0 Å². The molecule has 1 aliphatic heterocycles. The van der Waals surface area contributed by atoms with Crippen LogP contribution in [-0.4, -0.2) is 70.9 Å². The zero-order valence-electron chi connectivity index (χ0n) is 13.7. The lowest BCUT2D eigenvalue weighted by Crippen LogP contribution is -2.43. The number of aromatic nitrogens is 3. The Bertz CT molecular complexity index is 712. The molecular formula is C16H20N6O3. The van der Waals surface area contributed by atoms with Crippen LogP contribution >= 0.6 is 0 Å². The summed E-state index contributed by atoms with van der Waals surface area (Å²) in [6.45, 7) is 4.23. The normalized spacial score (nSPS) is 14.9. The van der Waals surface area contributed by atoms with Gasteiger partial charge in [-0.3, -0.25) is 19.1 Å². The largest absolute Gasteiger partial charge is 0.379 e. The molecule has 2 amide bonds. The van der Waals surface area contributed by atoms with Crippen LogP contribution in [0.4, 0.5) is 5.69 Å². The first-order valence-corrected chi connectivity index (χ1v) is 8.07. The highest BCUT2D eigenvalue weighted by molar-refractivity contribution is 6.39. The van der Waals surface area contributed by atoms with Crippen molar-refractivity contribution in [2.24, 2.45) is 0 Å². The van der Waals surface area contributed by atoms with Gasteiger partial charge in [-0.05, 0) is 18.2 Å². The van der Waals surface area contributed by atoms with Gasteiger partial charge >= 0.3 is 11.8 Å². The molecule has 0 aliphatic carbocycles. The Kier molecular flexibility index (Phi) is 5.70. The molecule has 9 nitrogen and oxygen atoms in total. The Hall–Kier alpha value is -2.78. The molecule has 2 aromatic rings. The number of carbonyl (C=O) groups excluding carboxylic acids is 2. The van der Waals surface area contributed by atoms with Gasteiger partial charge in [-0.1, -0.05) is 6.07 Å². The summed E-state index contributed by atoms with van der Waals surface area (Å²) in [5.74, 6) is -1.34. The molecule has 1 aromatic heterocycles. The molecule has 0 unspecified atom stereocenters. The first-order chi connectivity index (χ1) is 12.2. The fourth-order valence-electron chi connectivity index (χ4n) is 2.50. The zero-order valence-corrected chi connectivity index (χ0v) is 13.7. The summed E-state index contributed by atoms with van der Waals surface area (Å²) < 4.78 is 6.97. The summed E-state index contributed by atoms with van der Waals surface area (Å²) in [5, 5.41) is 12.7. The van der Waals surface area contributed by atoms with Crippen molar-refractivity contribution < 1.29 is 14.3 Å². The van der Waals surface area contributed by atoms with E-state index in [2.05, 4.69) is 25.7 Å². The molecule has 1 aromatic carbocycles. The molecule has 9 heteroatoms. The van der Waals surface area contributed by atoms with Crippen LogP contribution in [0.25, 0.3) is 5.69 Å². The molecule has 0 bridgehead atoms. The molecule has 132 valence electrons. The summed E-state index contributed by atoms with van der Waals surface area (Å²) in [6.07, 6.45) is 3.11. The fraction of sp³-hybridized carbons (Fsp3) is 0.375. The number of nitrogens with zero attached hydrogens (tertiary/aromatic N) is 4. The number of benzene rings is 1. The Balaban J connectivity index is 1.48. The molecular weight excluding hydrogens is 324 g/mol. The Labute approximate surface area is 145 Å². The highest BCUT2D eigenvalue weighted by atomic mass is 16.5. The van der Waals surface area contributed by atoms with Crippen molar-refractivity contribution in [3.05, 3.63) is 36.9 Å². The minimum atomic E-state index is -0.692. The van der Waals surface area contributed by atoms with E-state index < -0.39 is 11.8 Å². The van der Waals surface area contributed by atoms with Gasteiger partial charge in [-0.15, -0.1) is 10.2 Å². The number of carbonyl (C=O) groups is 2. The summed E-state index contributed by atoms with van der Waals surface area (Å²) in [4.78, 5) is 26.1. The van der Waals surface area contributed by atoms with E-state index in [1.807, 2.05) is 6.07 Å². The third-order valence-electron chi connectivity index (χ3n) is 3.84. The van der Waals surface area contributed by atoms with Gasteiger partial charge in [0, 0.05) is 31.9 Å². The quantitative estimate of drug-likeness (QED) is 0.719. The number of amides is 2. The minimum absolute atomic E-state index is 0.424. The highest BCUT2D eigenvalue weighted by Gasteiger charge is 2.15. The van der Waals surface area contributed by atoms with E-state index in [9.17, 15) is 9.59 Å². The molecule has 3 rings (SSSR count). The van der Waals surface area contributed by atoms with Crippen molar-refractivity contribution in [3.63, 3.8) is 0 Å². The van der Waals surface area contributed by atoms with Crippen molar-refractivity contribution in [2.75, 3.05) is 44.7 Å². The van der Waals surface area contributed by atoms with E-state index in [1.165, 1.54) is 0 Å². The van der Waals surface area contributed by atoms with Crippen LogP contribution in [0.15, 0.2) is 36.9 Å². The van der Waals surface area contributed by atoms with Gasteiger partial charge in [0.15, 0.2) is 0 Å². The van der Waals surface area contributed by atoms with Crippen molar-refractivity contribution in [2.45, 2.75) is 0 Å². The van der Waals surface area contributed by atoms with E-state index >= 15 is 0 Å². The third-order valence-corrected chi connectivity index (χ3v) is 3.84. The first kappa shape index (κ1) is 17.1. The molecule has 0 radical (unpaired) electrons. The maximum Gasteiger partial charge on any atom is 0.313 e. The molecule has 0 saturated carbocycles. The number of ether oxygens (including phenoxy) is 1. The molecule has 2 heterocycles. The monoisotopic (exact) mass is 344 g/mol. The third kappa shape index (κ3) is 4.85. The Morgan fingerprint density at radius 2 is 1.88 bits per heavy atom. The number of hydrogen-bond acceptors (Lipinski definition) is 6. The zero-order chi connectivity index (χ0) is 17.5. The summed E-state index contributed by atoms with van der Waals surface area (Å²) in [5.41, 5.74) is 1.31. The second-order valence-electron chi connectivity index (χ2n) is 5.58. The van der Waals surface area contributed by atoms with Crippen molar-refractivity contribution in [1.82, 2.24) is 25.0 Å².